The van der Waals surface area contributed by atoms with Gasteiger partial charge in [-0.25, -0.2) is 0 Å². The lowest BCUT2D eigenvalue weighted by molar-refractivity contribution is -0.158. The lowest BCUT2D eigenvalue weighted by atomic mass is 9.66. The molecule has 0 aromatic rings. The Morgan fingerprint density at radius 3 is 2.54 bits per heavy atom. The Morgan fingerprint density at radius 1 is 1.39 bits per heavy atom. The van der Waals surface area contributed by atoms with Crippen LogP contribution >= 0.6 is 0 Å². The van der Waals surface area contributed by atoms with Crippen molar-refractivity contribution in [1.29, 1.82) is 0 Å². The van der Waals surface area contributed by atoms with Gasteiger partial charge in [-0.05, 0) is 40.5 Å². The van der Waals surface area contributed by atoms with Gasteiger partial charge in [0.05, 0.1) is 24.0 Å². The minimum absolute atomic E-state index is 0.0357. The third kappa shape index (κ3) is 2.69. The van der Waals surface area contributed by atoms with Crippen LogP contribution in [-0.4, -0.2) is 80.3 Å². The van der Waals surface area contributed by atoms with E-state index in [0.29, 0.717) is 19.4 Å². The fraction of sp³-hybridized carbons (Fsp3) is 0.750. The molecule has 2 N–H and O–H groups in total. The topological polar surface area (TPSA) is 107 Å². The van der Waals surface area contributed by atoms with E-state index in [1.165, 1.54) is 4.90 Å². The summed E-state index contributed by atoms with van der Waals surface area (Å²) in [7, 11) is 0. The Labute approximate surface area is 165 Å². The summed E-state index contributed by atoms with van der Waals surface area (Å²) in [5, 5.41) is 19.3. The molecule has 3 saturated heterocycles. The first-order valence-corrected chi connectivity index (χ1v) is 9.71. The molecule has 3 aliphatic heterocycles. The molecule has 2 bridgehead atoms. The number of hydrogen-bond donors (Lipinski definition) is 2. The van der Waals surface area contributed by atoms with Crippen molar-refractivity contribution in [3.05, 3.63) is 12.7 Å². The molecule has 0 radical (unpaired) electrons. The van der Waals surface area contributed by atoms with Crippen molar-refractivity contribution in [3.63, 3.8) is 0 Å². The highest BCUT2D eigenvalue weighted by Crippen LogP contribution is 2.63. The zero-order valence-electron chi connectivity index (χ0n) is 17.0. The van der Waals surface area contributed by atoms with Gasteiger partial charge in [-0.15, -0.1) is 6.58 Å². The van der Waals surface area contributed by atoms with Crippen molar-refractivity contribution < 1.29 is 29.3 Å². The number of likely N-dealkylation sites (tertiary alicyclic amines) is 1. The van der Waals surface area contributed by atoms with E-state index in [-0.39, 0.29) is 19.1 Å². The number of carbonyl (C=O) groups excluding carboxylic acids is 2. The molecule has 8 nitrogen and oxygen atoms in total. The first kappa shape index (κ1) is 20.8. The summed E-state index contributed by atoms with van der Waals surface area (Å²) in [6.07, 6.45) is 2.54. The van der Waals surface area contributed by atoms with Crippen LogP contribution in [0.4, 0.5) is 0 Å². The summed E-state index contributed by atoms with van der Waals surface area (Å²) < 4.78 is 6.27. The van der Waals surface area contributed by atoms with Gasteiger partial charge in [-0.3, -0.25) is 14.4 Å². The molecule has 3 rings (SSSR count). The molecule has 0 aliphatic carbocycles. The van der Waals surface area contributed by atoms with Crippen LogP contribution in [0.15, 0.2) is 12.7 Å². The number of rotatable bonds is 6. The Kier molecular flexibility index (Phi) is 4.87. The van der Waals surface area contributed by atoms with Gasteiger partial charge in [0, 0.05) is 18.6 Å². The number of β-amino-alcohol motifs (C(OH)–C–C–N with tert-alkyl or cyclic N) is 1. The average Bonchev–Trinajstić information content (AvgIpc) is 3.13. The van der Waals surface area contributed by atoms with E-state index in [9.17, 15) is 24.6 Å². The van der Waals surface area contributed by atoms with Gasteiger partial charge >= 0.3 is 5.97 Å². The van der Waals surface area contributed by atoms with Crippen molar-refractivity contribution in [2.45, 2.75) is 63.3 Å². The van der Waals surface area contributed by atoms with E-state index < -0.39 is 46.5 Å². The van der Waals surface area contributed by atoms with Crippen molar-refractivity contribution in [3.8, 4) is 0 Å². The molecule has 2 unspecified atom stereocenters. The molecule has 2 amide bonds. The number of carboxylic acids is 1. The molecule has 3 aliphatic rings. The van der Waals surface area contributed by atoms with Gasteiger partial charge in [-0.2, -0.15) is 0 Å². The second-order valence-electron chi connectivity index (χ2n) is 9.23. The van der Waals surface area contributed by atoms with E-state index in [2.05, 4.69) is 6.58 Å². The molecule has 28 heavy (non-hydrogen) atoms. The number of ether oxygens (including phenoxy) is 1. The van der Waals surface area contributed by atoms with Crippen molar-refractivity contribution >= 4 is 17.8 Å². The van der Waals surface area contributed by atoms with Crippen LogP contribution < -0.4 is 0 Å². The first-order chi connectivity index (χ1) is 12.9. The Morgan fingerprint density at radius 2 is 2.04 bits per heavy atom. The third-order valence-electron chi connectivity index (χ3n) is 6.50. The smallest absolute Gasteiger partial charge is 0.310 e. The second kappa shape index (κ2) is 6.56. The molecule has 3 heterocycles. The van der Waals surface area contributed by atoms with E-state index in [4.69, 9.17) is 4.74 Å². The first-order valence-electron chi connectivity index (χ1n) is 9.71. The summed E-state index contributed by atoms with van der Waals surface area (Å²) >= 11 is 0. The van der Waals surface area contributed by atoms with Crippen LogP contribution in [0.5, 0.6) is 0 Å². The maximum Gasteiger partial charge on any atom is 0.310 e. The summed E-state index contributed by atoms with van der Waals surface area (Å²) in [6, 6.07) is -0.956. The van der Waals surface area contributed by atoms with E-state index >= 15 is 0 Å². The van der Waals surface area contributed by atoms with Crippen molar-refractivity contribution in [1.82, 2.24) is 9.80 Å². The number of amides is 2. The number of carboxylic acid groups (broad SMARTS) is 1. The minimum Gasteiger partial charge on any atom is -0.481 e. The molecule has 8 heteroatoms. The number of hydrogen-bond acceptors (Lipinski definition) is 5. The highest BCUT2D eigenvalue weighted by molar-refractivity contribution is 5.98. The monoisotopic (exact) mass is 394 g/mol. The molecule has 0 saturated carbocycles. The van der Waals surface area contributed by atoms with Gasteiger partial charge in [0.15, 0.2) is 0 Å². The standard InChI is InChI=1S/C20H30N2O6/c1-6-9-22(18(2,3)4)16(25)14-20-8-7-19(5,28-20)13(17(26)27)12(20)15(24)21(14)10-11-23/h6,12-14,23H,1,7-11H2,2-5H3,(H,26,27)/t12-,13-,14?,19+,20?/m0/s1. The zero-order valence-corrected chi connectivity index (χ0v) is 17.0. The Balaban J connectivity index is 2.11. The Hall–Kier alpha value is -1.93. The predicted molar refractivity (Wildman–Crippen MR) is 100 cm³/mol. The number of fused-ring (bicyclic) bond motifs is 1. The van der Waals surface area contributed by atoms with Gasteiger partial charge in [0.1, 0.15) is 11.6 Å². The summed E-state index contributed by atoms with van der Waals surface area (Å²) in [5.74, 6) is -3.73. The lowest BCUT2D eigenvalue weighted by Crippen LogP contribution is -2.60. The summed E-state index contributed by atoms with van der Waals surface area (Å²) in [5.41, 5.74) is -2.67. The quantitative estimate of drug-likeness (QED) is 0.640. The molecular formula is C20H30N2O6. The zero-order chi connectivity index (χ0) is 21.1. The number of aliphatic carboxylic acids is 1. The van der Waals surface area contributed by atoms with Crippen LogP contribution in [0.2, 0.25) is 0 Å². The summed E-state index contributed by atoms with van der Waals surface area (Å²) in [6.45, 7) is 11.1. The SMILES string of the molecule is C=CCN(C(=O)C1N(CCO)C(=O)[C@@H]2[C@@H](C(=O)O)[C@@]3(C)CCC12O3)C(C)(C)C. The lowest BCUT2D eigenvalue weighted by Gasteiger charge is -2.41. The molecule has 3 fully saturated rings. The number of carbonyl (C=O) groups is 3. The molecule has 156 valence electrons. The highest BCUT2D eigenvalue weighted by Gasteiger charge is 2.78. The second-order valence-corrected chi connectivity index (χ2v) is 9.23. The number of nitrogens with zero attached hydrogens (tertiary/aromatic N) is 2. The van der Waals surface area contributed by atoms with Crippen LogP contribution in [0.1, 0.15) is 40.5 Å². The largest absolute Gasteiger partial charge is 0.481 e. The molecule has 0 aromatic heterocycles. The predicted octanol–water partition coefficient (Wildman–Crippen LogP) is 0.641. The van der Waals surface area contributed by atoms with Gasteiger partial charge in [0.25, 0.3) is 0 Å². The van der Waals surface area contributed by atoms with Gasteiger partial charge in [-0.1, -0.05) is 6.08 Å². The number of aliphatic hydroxyl groups excluding tert-OH is 1. The van der Waals surface area contributed by atoms with E-state index in [1.54, 1.807) is 17.9 Å². The summed E-state index contributed by atoms with van der Waals surface area (Å²) in [4.78, 5) is 41.9. The molecular weight excluding hydrogens is 364 g/mol. The van der Waals surface area contributed by atoms with Crippen LogP contribution in [0, 0.1) is 11.8 Å². The average molecular weight is 394 g/mol. The van der Waals surface area contributed by atoms with Crippen LogP contribution in [0.3, 0.4) is 0 Å². The van der Waals surface area contributed by atoms with Crippen LogP contribution in [-0.2, 0) is 19.1 Å². The Bertz CT molecular complexity index is 716. The van der Waals surface area contributed by atoms with Crippen LogP contribution in [0.25, 0.3) is 0 Å². The van der Waals surface area contributed by atoms with Crippen molar-refractivity contribution in [2.75, 3.05) is 19.7 Å². The van der Waals surface area contributed by atoms with Gasteiger partial charge < -0.3 is 24.7 Å². The fourth-order valence-electron chi connectivity index (χ4n) is 5.40. The van der Waals surface area contributed by atoms with E-state index in [1.807, 2.05) is 20.8 Å². The maximum atomic E-state index is 13.7. The van der Waals surface area contributed by atoms with E-state index in [0.717, 1.165) is 0 Å². The van der Waals surface area contributed by atoms with Crippen molar-refractivity contribution in [2.24, 2.45) is 11.8 Å². The van der Waals surface area contributed by atoms with Gasteiger partial charge in [0.2, 0.25) is 11.8 Å². The molecule has 1 spiro atoms. The molecule has 0 aromatic carbocycles. The fourth-order valence-corrected chi connectivity index (χ4v) is 5.40. The maximum absolute atomic E-state index is 13.7. The highest BCUT2D eigenvalue weighted by atomic mass is 16.5. The third-order valence-corrected chi connectivity index (χ3v) is 6.50. The normalized spacial score (nSPS) is 36.5. The number of aliphatic hydroxyl groups is 1. The molecule has 5 atom stereocenters. The minimum atomic E-state index is -1.17.